The molecular weight excluding hydrogens is 190 g/mol. The van der Waals surface area contributed by atoms with Crippen LogP contribution in [0.2, 0.25) is 0 Å². The van der Waals surface area contributed by atoms with Gasteiger partial charge in [0.15, 0.2) is 0 Å². The number of hydrogen-bond acceptors (Lipinski definition) is 2. The van der Waals surface area contributed by atoms with Crippen LogP contribution in [0.5, 0.6) is 0 Å². The predicted octanol–water partition coefficient (Wildman–Crippen LogP) is 3.36. The molecule has 0 spiro atoms. The minimum atomic E-state index is 0.892. The van der Waals surface area contributed by atoms with Crippen LogP contribution in [0.4, 0.5) is 0 Å². The second-order valence-electron chi connectivity index (χ2n) is 2.56. The highest BCUT2D eigenvalue weighted by atomic mass is 32.1. The molecule has 1 radical (unpaired) electrons. The zero-order valence-electron chi connectivity index (χ0n) is 7.89. The summed E-state index contributed by atoms with van der Waals surface area (Å²) in [5, 5.41) is 1.97. The Morgan fingerprint density at radius 2 is 2.14 bits per heavy atom. The van der Waals surface area contributed by atoms with Crippen molar-refractivity contribution in [3.8, 4) is 0 Å². The lowest BCUT2D eigenvalue weighted by Crippen LogP contribution is -1.74. The molecule has 1 heterocycles. The number of hydrogen-bond donors (Lipinski definition) is 0. The van der Waals surface area contributed by atoms with Crippen molar-refractivity contribution in [3.63, 3.8) is 0 Å². The van der Waals surface area contributed by atoms with Gasteiger partial charge in [-0.25, -0.2) is 0 Å². The average molecular weight is 202 g/mol. The highest BCUT2D eigenvalue weighted by Gasteiger charge is 1.86. The Morgan fingerprint density at radius 3 is 2.50 bits per heavy atom. The molecule has 0 saturated heterocycles. The Morgan fingerprint density at radius 1 is 1.36 bits per heavy atom. The third kappa shape index (κ3) is 4.58. The minimum Gasteiger partial charge on any atom is -0.197 e. The Labute approximate surface area is 88.9 Å². The summed E-state index contributed by atoms with van der Waals surface area (Å²) < 4.78 is 4.08. The van der Waals surface area contributed by atoms with Gasteiger partial charge in [-0.1, -0.05) is 36.4 Å². The normalized spacial score (nSPS) is 8.57. The summed E-state index contributed by atoms with van der Waals surface area (Å²) in [5.41, 5.74) is 1.12. The van der Waals surface area contributed by atoms with Crippen molar-refractivity contribution in [3.05, 3.63) is 66.2 Å². The zero-order chi connectivity index (χ0) is 10.1. The second kappa shape index (κ2) is 7.04. The predicted molar refractivity (Wildman–Crippen MR) is 61.3 cm³/mol. The number of allylic oxidation sites excluding steroid dienone is 1. The number of aromatic nitrogens is 1. The van der Waals surface area contributed by atoms with E-state index in [0.29, 0.717) is 0 Å². The summed E-state index contributed by atoms with van der Waals surface area (Å²) in [6, 6.07) is 14.5. The first-order chi connectivity index (χ1) is 6.93. The van der Waals surface area contributed by atoms with Crippen molar-refractivity contribution < 1.29 is 0 Å². The van der Waals surface area contributed by atoms with Gasteiger partial charge >= 0.3 is 0 Å². The highest BCUT2D eigenvalue weighted by molar-refractivity contribution is 7.03. The van der Waals surface area contributed by atoms with E-state index in [0.717, 1.165) is 12.1 Å². The molecule has 0 aliphatic carbocycles. The quantitative estimate of drug-likeness (QED) is 0.680. The fraction of sp³-hybridized carbons (Fsp3) is 0.0833. The molecule has 0 saturated carbocycles. The number of benzene rings is 1. The van der Waals surface area contributed by atoms with Gasteiger partial charge in [-0.15, -0.1) is 6.58 Å². The molecule has 71 valence electrons. The van der Waals surface area contributed by atoms with E-state index in [-0.39, 0.29) is 0 Å². The van der Waals surface area contributed by atoms with Crippen LogP contribution in [0, 0.1) is 6.07 Å². The van der Waals surface area contributed by atoms with Crippen LogP contribution in [-0.4, -0.2) is 4.37 Å². The fourth-order valence-electron chi connectivity index (χ4n) is 0.833. The molecule has 0 amide bonds. The van der Waals surface area contributed by atoms with Crippen LogP contribution in [0.3, 0.4) is 0 Å². The first kappa shape index (κ1) is 10.7. The molecule has 2 heteroatoms. The summed E-state index contributed by atoms with van der Waals surface area (Å²) in [7, 11) is 0. The lowest BCUT2D eigenvalue weighted by molar-refractivity contribution is 1.20. The lowest BCUT2D eigenvalue weighted by Gasteiger charge is -1.79. The second-order valence-corrected chi connectivity index (χ2v) is 3.23. The monoisotopic (exact) mass is 202 g/mol. The van der Waals surface area contributed by atoms with Crippen LogP contribution in [0.1, 0.15) is 5.69 Å². The van der Waals surface area contributed by atoms with E-state index in [1.807, 2.05) is 47.9 Å². The first-order valence-electron chi connectivity index (χ1n) is 4.34. The van der Waals surface area contributed by atoms with Crippen molar-refractivity contribution >= 4 is 11.5 Å². The van der Waals surface area contributed by atoms with Crippen molar-refractivity contribution in [2.45, 2.75) is 6.42 Å². The molecule has 1 aromatic carbocycles. The van der Waals surface area contributed by atoms with Gasteiger partial charge in [0.25, 0.3) is 0 Å². The summed E-state index contributed by atoms with van der Waals surface area (Å²) in [6.07, 6.45) is 2.75. The minimum absolute atomic E-state index is 0.892. The summed E-state index contributed by atoms with van der Waals surface area (Å²) in [5.74, 6) is 0. The Hall–Kier alpha value is -1.41. The molecule has 2 aromatic rings. The molecule has 0 unspecified atom stereocenters. The average Bonchev–Trinajstić information content (AvgIpc) is 2.75. The van der Waals surface area contributed by atoms with E-state index in [9.17, 15) is 0 Å². The van der Waals surface area contributed by atoms with Crippen molar-refractivity contribution in [1.29, 1.82) is 0 Å². The summed E-state index contributed by atoms with van der Waals surface area (Å²) in [4.78, 5) is 0. The molecule has 14 heavy (non-hydrogen) atoms. The fourth-order valence-corrected chi connectivity index (χ4v) is 1.38. The van der Waals surface area contributed by atoms with Crippen LogP contribution in [0.15, 0.2) is 54.4 Å². The number of rotatable bonds is 2. The van der Waals surface area contributed by atoms with Crippen LogP contribution >= 0.6 is 11.5 Å². The highest BCUT2D eigenvalue weighted by Crippen LogP contribution is 1.99. The van der Waals surface area contributed by atoms with Gasteiger partial charge in [0.2, 0.25) is 0 Å². The Bertz CT molecular complexity index is 300. The smallest absolute Gasteiger partial charge is 0.0579 e. The van der Waals surface area contributed by atoms with E-state index in [1.165, 1.54) is 11.5 Å². The third-order valence-electron chi connectivity index (χ3n) is 1.45. The molecule has 0 atom stereocenters. The molecule has 0 N–H and O–H groups in total. The van der Waals surface area contributed by atoms with Gasteiger partial charge < -0.3 is 0 Å². The largest absolute Gasteiger partial charge is 0.197 e. The zero-order valence-corrected chi connectivity index (χ0v) is 8.70. The van der Waals surface area contributed by atoms with Gasteiger partial charge in [-0.3, -0.25) is 0 Å². The van der Waals surface area contributed by atoms with Gasteiger partial charge in [0.05, 0.1) is 5.69 Å². The van der Waals surface area contributed by atoms with Gasteiger partial charge in [0, 0.05) is 11.8 Å². The maximum absolute atomic E-state index is 4.08. The first-order valence-corrected chi connectivity index (χ1v) is 5.18. The number of nitrogens with zero attached hydrogens (tertiary/aromatic N) is 1. The van der Waals surface area contributed by atoms with Crippen molar-refractivity contribution in [1.82, 2.24) is 4.37 Å². The maximum atomic E-state index is 4.08. The van der Waals surface area contributed by atoms with E-state index >= 15 is 0 Å². The Kier molecular flexibility index (Phi) is 5.36. The lowest BCUT2D eigenvalue weighted by atomic mass is 10.3. The summed E-state index contributed by atoms with van der Waals surface area (Å²) in [6.45, 7) is 3.60. The van der Waals surface area contributed by atoms with Crippen LogP contribution in [0.25, 0.3) is 0 Å². The van der Waals surface area contributed by atoms with E-state index < -0.39 is 0 Å². The van der Waals surface area contributed by atoms with Gasteiger partial charge in [-0.2, -0.15) is 4.37 Å². The molecule has 1 aromatic heterocycles. The topological polar surface area (TPSA) is 12.9 Å². The van der Waals surface area contributed by atoms with Gasteiger partial charge in [-0.05, 0) is 23.7 Å². The van der Waals surface area contributed by atoms with Crippen molar-refractivity contribution in [2.75, 3.05) is 0 Å². The third-order valence-corrected chi connectivity index (χ3v) is 2.05. The van der Waals surface area contributed by atoms with Crippen LogP contribution in [-0.2, 0) is 6.42 Å². The molecule has 0 fully saturated rings. The van der Waals surface area contributed by atoms with E-state index in [2.05, 4.69) is 17.0 Å². The molecule has 0 aliphatic heterocycles. The van der Waals surface area contributed by atoms with Gasteiger partial charge in [0.1, 0.15) is 0 Å². The van der Waals surface area contributed by atoms with Crippen LogP contribution < -0.4 is 0 Å². The molecule has 2 rings (SSSR count). The SMILES string of the molecule is C=CCc1ccsn1.[c]1ccccc1. The molecule has 1 nitrogen and oxygen atoms in total. The molecular formula is C12H12NS. The summed E-state index contributed by atoms with van der Waals surface area (Å²) >= 11 is 1.48. The van der Waals surface area contributed by atoms with Crippen molar-refractivity contribution in [2.24, 2.45) is 0 Å². The van der Waals surface area contributed by atoms with E-state index in [4.69, 9.17) is 0 Å². The molecule has 0 bridgehead atoms. The standard InChI is InChI=1S/C6H7NS.C6H5/c1-2-3-6-4-5-8-7-6;1-2-4-6-5-3-1/h2,4-5H,1,3H2;1-5H. The Balaban J connectivity index is 0.000000146. The molecule has 0 aliphatic rings. The maximum Gasteiger partial charge on any atom is 0.0579 e. The van der Waals surface area contributed by atoms with E-state index in [1.54, 1.807) is 0 Å².